The van der Waals surface area contributed by atoms with E-state index in [1.807, 2.05) is 0 Å². The van der Waals surface area contributed by atoms with Gasteiger partial charge < -0.3 is 14.0 Å². The van der Waals surface area contributed by atoms with Crippen LogP contribution in [0.25, 0.3) is 10.2 Å². The Morgan fingerprint density at radius 1 is 1.21 bits per heavy atom. The van der Waals surface area contributed by atoms with Crippen molar-refractivity contribution in [2.75, 3.05) is 13.7 Å². The second-order valence-corrected chi connectivity index (χ2v) is 8.17. The van der Waals surface area contributed by atoms with Crippen LogP contribution in [-0.2, 0) is 25.6 Å². The van der Waals surface area contributed by atoms with E-state index in [9.17, 15) is 14.4 Å². The number of thiazole rings is 1. The largest absolute Gasteiger partial charge is 0.468 e. The summed E-state index contributed by atoms with van der Waals surface area (Å²) in [5, 5.41) is 0. The van der Waals surface area contributed by atoms with Gasteiger partial charge in [0, 0.05) is 6.42 Å². The first-order valence-corrected chi connectivity index (χ1v) is 10.8. The third kappa shape index (κ3) is 5.32. The smallest absolute Gasteiger partial charge is 0.338 e. The first kappa shape index (κ1) is 21.2. The van der Waals surface area contributed by atoms with Crippen molar-refractivity contribution in [2.45, 2.75) is 52.0 Å². The average Bonchev–Trinajstić information content (AvgIpc) is 3.04. The van der Waals surface area contributed by atoms with Crippen LogP contribution in [0.15, 0.2) is 23.2 Å². The standard InChI is InChI=1S/C21H26N2O5S/c1-3-28-20(26)15-9-10-16-17(12-15)29-21(23(16)13-19(25)27-2)22-18(24)11-14-7-5-4-6-8-14/h9-10,12,14H,3-8,11,13H2,1-2H3. The molecule has 0 radical (unpaired) electrons. The Morgan fingerprint density at radius 2 is 1.97 bits per heavy atom. The first-order chi connectivity index (χ1) is 14.0. The van der Waals surface area contributed by atoms with E-state index in [4.69, 9.17) is 9.47 Å². The number of carbonyl (C=O) groups is 3. The summed E-state index contributed by atoms with van der Waals surface area (Å²) < 4.78 is 12.3. The zero-order valence-electron chi connectivity index (χ0n) is 16.8. The lowest BCUT2D eigenvalue weighted by atomic mass is 9.87. The molecule has 0 unspecified atom stereocenters. The highest BCUT2D eigenvalue weighted by molar-refractivity contribution is 7.16. The molecule has 0 aliphatic heterocycles. The van der Waals surface area contributed by atoms with E-state index >= 15 is 0 Å². The minimum absolute atomic E-state index is 0.0508. The van der Waals surface area contributed by atoms with Crippen LogP contribution in [0, 0.1) is 5.92 Å². The highest BCUT2D eigenvalue weighted by Crippen LogP contribution is 2.26. The van der Waals surface area contributed by atoms with Crippen LogP contribution < -0.4 is 4.80 Å². The number of benzene rings is 1. The molecular weight excluding hydrogens is 392 g/mol. The topological polar surface area (TPSA) is 87.0 Å². The van der Waals surface area contributed by atoms with Gasteiger partial charge in [0.15, 0.2) is 4.80 Å². The Balaban J connectivity index is 1.96. The van der Waals surface area contributed by atoms with Crippen molar-refractivity contribution in [1.82, 2.24) is 4.57 Å². The number of esters is 2. The molecule has 1 aliphatic rings. The fraction of sp³-hybridized carbons (Fsp3) is 0.524. The number of fused-ring (bicyclic) bond motifs is 1. The third-order valence-electron chi connectivity index (χ3n) is 5.12. The molecule has 2 aromatic rings. The minimum Gasteiger partial charge on any atom is -0.468 e. The number of aromatic nitrogens is 1. The van der Waals surface area contributed by atoms with Gasteiger partial charge in [-0.15, -0.1) is 0 Å². The van der Waals surface area contributed by atoms with Crippen LogP contribution in [0.2, 0.25) is 0 Å². The molecule has 0 spiro atoms. The number of amides is 1. The number of methoxy groups -OCH3 is 1. The molecule has 0 atom stereocenters. The van der Waals surface area contributed by atoms with Crippen LogP contribution in [0.5, 0.6) is 0 Å². The molecule has 1 amide bonds. The van der Waals surface area contributed by atoms with Crippen molar-refractivity contribution in [2.24, 2.45) is 10.9 Å². The Labute approximate surface area is 173 Å². The molecule has 8 heteroatoms. The molecule has 1 aromatic carbocycles. The van der Waals surface area contributed by atoms with Crippen LogP contribution in [-0.4, -0.2) is 36.1 Å². The maximum atomic E-state index is 12.6. The van der Waals surface area contributed by atoms with E-state index in [2.05, 4.69) is 4.99 Å². The Morgan fingerprint density at radius 3 is 2.66 bits per heavy atom. The molecule has 0 bridgehead atoms. The molecule has 0 N–H and O–H groups in total. The summed E-state index contributed by atoms with van der Waals surface area (Å²) >= 11 is 1.28. The fourth-order valence-electron chi connectivity index (χ4n) is 3.64. The Bertz CT molecular complexity index is 969. The van der Waals surface area contributed by atoms with Crippen LogP contribution in [0.4, 0.5) is 0 Å². The number of hydrogen-bond donors (Lipinski definition) is 0. The van der Waals surface area contributed by atoms with Crippen LogP contribution in [0.1, 0.15) is 55.8 Å². The van der Waals surface area contributed by atoms with Gasteiger partial charge in [0.2, 0.25) is 5.91 Å². The lowest BCUT2D eigenvalue weighted by Crippen LogP contribution is -2.23. The third-order valence-corrected chi connectivity index (χ3v) is 6.16. The summed E-state index contributed by atoms with van der Waals surface area (Å²) in [6.07, 6.45) is 6.14. The molecular formula is C21H26N2O5S. The maximum Gasteiger partial charge on any atom is 0.338 e. The monoisotopic (exact) mass is 418 g/mol. The predicted molar refractivity (Wildman–Crippen MR) is 110 cm³/mol. The molecule has 29 heavy (non-hydrogen) atoms. The lowest BCUT2D eigenvalue weighted by molar-refractivity contribution is -0.141. The van der Waals surface area contributed by atoms with Crippen molar-refractivity contribution >= 4 is 39.4 Å². The lowest BCUT2D eigenvalue weighted by Gasteiger charge is -2.19. The van der Waals surface area contributed by atoms with Crippen molar-refractivity contribution in [3.63, 3.8) is 0 Å². The zero-order valence-corrected chi connectivity index (χ0v) is 17.6. The second kappa shape index (κ2) is 9.82. The molecule has 7 nitrogen and oxygen atoms in total. The van der Waals surface area contributed by atoms with Gasteiger partial charge in [-0.05, 0) is 43.9 Å². The summed E-state index contributed by atoms with van der Waals surface area (Å²) in [5.41, 5.74) is 1.14. The quantitative estimate of drug-likeness (QED) is 0.671. The van der Waals surface area contributed by atoms with Gasteiger partial charge in [-0.3, -0.25) is 9.59 Å². The highest BCUT2D eigenvalue weighted by Gasteiger charge is 2.18. The van der Waals surface area contributed by atoms with Crippen LogP contribution >= 0.6 is 11.3 Å². The summed E-state index contributed by atoms with van der Waals surface area (Å²) in [7, 11) is 1.32. The maximum absolute atomic E-state index is 12.6. The molecule has 1 aromatic heterocycles. The van der Waals surface area contributed by atoms with Crippen LogP contribution in [0.3, 0.4) is 0 Å². The van der Waals surface area contributed by atoms with Crippen molar-refractivity contribution in [1.29, 1.82) is 0 Å². The van der Waals surface area contributed by atoms with Crippen molar-refractivity contribution < 1.29 is 23.9 Å². The number of hydrogen-bond acceptors (Lipinski definition) is 6. The number of nitrogens with zero attached hydrogens (tertiary/aromatic N) is 2. The molecule has 0 saturated heterocycles. The van der Waals surface area contributed by atoms with Gasteiger partial charge >= 0.3 is 11.9 Å². The number of ether oxygens (including phenoxy) is 2. The van der Waals surface area contributed by atoms with Crippen molar-refractivity contribution in [3.05, 3.63) is 28.6 Å². The SMILES string of the molecule is CCOC(=O)c1ccc2c(c1)sc(=NC(=O)CC1CCCCC1)n2CC(=O)OC. The molecule has 1 saturated carbocycles. The second-order valence-electron chi connectivity index (χ2n) is 7.16. The van der Waals surface area contributed by atoms with E-state index in [1.54, 1.807) is 29.7 Å². The zero-order chi connectivity index (χ0) is 20.8. The molecule has 3 rings (SSSR count). The van der Waals surface area contributed by atoms with Gasteiger partial charge in [-0.2, -0.15) is 4.99 Å². The summed E-state index contributed by atoms with van der Waals surface area (Å²) in [6.45, 7) is 1.99. The minimum atomic E-state index is -0.430. The van der Waals surface area contributed by atoms with E-state index in [0.717, 1.165) is 23.1 Å². The van der Waals surface area contributed by atoms with Gasteiger partial charge in [0.1, 0.15) is 6.54 Å². The normalized spacial score (nSPS) is 15.4. The van der Waals surface area contributed by atoms with Gasteiger partial charge in [0.25, 0.3) is 0 Å². The summed E-state index contributed by atoms with van der Waals surface area (Å²) in [4.78, 5) is 41.2. The first-order valence-electron chi connectivity index (χ1n) is 9.96. The number of rotatable bonds is 6. The van der Waals surface area contributed by atoms with Gasteiger partial charge in [-0.1, -0.05) is 30.6 Å². The predicted octanol–water partition coefficient (Wildman–Crippen LogP) is 3.45. The van der Waals surface area contributed by atoms with E-state index < -0.39 is 11.9 Å². The van der Waals surface area contributed by atoms with Gasteiger partial charge in [-0.25, -0.2) is 4.79 Å². The van der Waals surface area contributed by atoms with E-state index in [0.29, 0.717) is 29.3 Å². The summed E-state index contributed by atoms with van der Waals surface area (Å²) in [6, 6.07) is 5.09. The summed E-state index contributed by atoms with van der Waals surface area (Å²) in [5.74, 6) is -0.624. The van der Waals surface area contributed by atoms with Gasteiger partial charge in [0.05, 0.1) is 29.5 Å². The van der Waals surface area contributed by atoms with Crippen molar-refractivity contribution in [3.8, 4) is 0 Å². The van der Waals surface area contributed by atoms with E-state index in [-0.39, 0.29) is 12.5 Å². The number of carbonyl (C=O) groups excluding carboxylic acids is 3. The highest BCUT2D eigenvalue weighted by atomic mass is 32.1. The Kier molecular flexibility index (Phi) is 7.19. The molecule has 1 aliphatic carbocycles. The Hall–Kier alpha value is -2.48. The average molecular weight is 419 g/mol. The fourth-order valence-corrected chi connectivity index (χ4v) is 4.72. The molecule has 156 valence electrons. The molecule has 1 fully saturated rings. The molecule has 1 heterocycles. The van der Waals surface area contributed by atoms with E-state index in [1.165, 1.54) is 37.7 Å².